The molecule has 0 spiro atoms. The second-order valence-corrected chi connectivity index (χ2v) is 8.22. The molecular formula is C26H22N2O4. The van der Waals surface area contributed by atoms with Crippen molar-refractivity contribution in [3.05, 3.63) is 94.7 Å². The molecule has 2 aromatic carbocycles. The molecule has 0 bridgehead atoms. The van der Waals surface area contributed by atoms with Crippen molar-refractivity contribution < 1.29 is 19.4 Å². The highest BCUT2D eigenvalue weighted by molar-refractivity contribution is 6.51. The molecule has 2 aliphatic rings. The van der Waals surface area contributed by atoms with Crippen LogP contribution in [-0.2, 0) is 16.0 Å². The zero-order valence-electron chi connectivity index (χ0n) is 17.8. The number of rotatable bonds is 3. The molecule has 3 aromatic rings. The van der Waals surface area contributed by atoms with Gasteiger partial charge in [0.25, 0.3) is 5.78 Å². The van der Waals surface area contributed by atoms with Gasteiger partial charge in [-0.3, -0.25) is 14.5 Å². The maximum atomic E-state index is 13.2. The lowest BCUT2D eigenvalue weighted by molar-refractivity contribution is -0.132. The Labute approximate surface area is 185 Å². The zero-order valence-corrected chi connectivity index (χ0v) is 17.8. The van der Waals surface area contributed by atoms with Crippen molar-refractivity contribution in [3.63, 3.8) is 0 Å². The predicted molar refractivity (Wildman–Crippen MR) is 120 cm³/mol. The summed E-state index contributed by atoms with van der Waals surface area (Å²) in [5.74, 6) is -0.513. The van der Waals surface area contributed by atoms with Gasteiger partial charge in [0.15, 0.2) is 0 Å². The number of aromatic nitrogens is 1. The van der Waals surface area contributed by atoms with Gasteiger partial charge < -0.3 is 9.84 Å². The van der Waals surface area contributed by atoms with E-state index in [1.54, 1.807) is 36.5 Å². The third-order valence-corrected chi connectivity index (χ3v) is 5.90. The van der Waals surface area contributed by atoms with Gasteiger partial charge in [-0.15, -0.1) is 0 Å². The molecule has 0 aliphatic carbocycles. The van der Waals surface area contributed by atoms with E-state index in [2.05, 4.69) is 4.98 Å². The van der Waals surface area contributed by atoms with Crippen molar-refractivity contribution in [2.45, 2.75) is 32.4 Å². The highest BCUT2D eigenvalue weighted by atomic mass is 16.5. The van der Waals surface area contributed by atoms with Crippen LogP contribution in [-0.4, -0.2) is 27.9 Å². The molecule has 1 saturated heterocycles. The van der Waals surface area contributed by atoms with Crippen molar-refractivity contribution in [2.75, 3.05) is 4.90 Å². The van der Waals surface area contributed by atoms with E-state index >= 15 is 0 Å². The minimum atomic E-state index is -0.783. The van der Waals surface area contributed by atoms with Gasteiger partial charge in [0.2, 0.25) is 0 Å². The van der Waals surface area contributed by atoms with E-state index in [4.69, 9.17) is 4.74 Å². The monoisotopic (exact) mass is 426 g/mol. The first-order valence-corrected chi connectivity index (χ1v) is 10.5. The van der Waals surface area contributed by atoms with Gasteiger partial charge in [-0.25, -0.2) is 4.98 Å². The van der Waals surface area contributed by atoms with E-state index in [0.717, 1.165) is 28.9 Å². The molecule has 1 N–H and O–H groups in total. The Morgan fingerprint density at radius 1 is 1.09 bits per heavy atom. The number of aryl methyl sites for hydroxylation is 1. The average Bonchev–Trinajstić information content (AvgIpc) is 3.30. The van der Waals surface area contributed by atoms with Crippen LogP contribution in [0.15, 0.2) is 72.4 Å². The smallest absolute Gasteiger partial charge is 0.301 e. The van der Waals surface area contributed by atoms with E-state index in [-0.39, 0.29) is 17.4 Å². The molecule has 160 valence electrons. The molecule has 0 saturated carbocycles. The van der Waals surface area contributed by atoms with Crippen LogP contribution in [0.5, 0.6) is 5.75 Å². The molecule has 2 atom stereocenters. The maximum absolute atomic E-state index is 13.2. The van der Waals surface area contributed by atoms with Crippen LogP contribution < -0.4 is 9.64 Å². The van der Waals surface area contributed by atoms with E-state index < -0.39 is 17.7 Å². The fourth-order valence-corrected chi connectivity index (χ4v) is 4.35. The fraction of sp³-hybridized carbons (Fsp3) is 0.192. The molecular weight excluding hydrogens is 404 g/mol. The summed E-state index contributed by atoms with van der Waals surface area (Å²) in [6.07, 6.45) is 2.35. The second kappa shape index (κ2) is 7.64. The van der Waals surface area contributed by atoms with Crippen LogP contribution in [0.4, 0.5) is 5.82 Å². The average molecular weight is 426 g/mol. The Hall–Kier alpha value is -3.93. The Morgan fingerprint density at radius 3 is 2.59 bits per heavy atom. The number of aliphatic hydroxyl groups is 1. The van der Waals surface area contributed by atoms with E-state index in [0.29, 0.717) is 11.4 Å². The van der Waals surface area contributed by atoms with Crippen LogP contribution in [0.2, 0.25) is 0 Å². The summed E-state index contributed by atoms with van der Waals surface area (Å²) >= 11 is 0. The number of hydrogen-bond acceptors (Lipinski definition) is 5. The first kappa shape index (κ1) is 20.0. The third-order valence-electron chi connectivity index (χ3n) is 5.90. The highest BCUT2D eigenvalue weighted by Crippen LogP contribution is 2.42. The molecule has 1 amide bonds. The van der Waals surface area contributed by atoms with Gasteiger partial charge in [0, 0.05) is 18.2 Å². The second-order valence-electron chi connectivity index (χ2n) is 8.22. The minimum Gasteiger partial charge on any atom is -0.507 e. The first-order chi connectivity index (χ1) is 15.4. The van der Waals surface area contributed by atoms with Crippen molar-refractivity contribution in [1.29, 1.82) is 0 Å². The number of carbonyl (C=O) groups excluding carboxylic acids is 2. The largest absolute Gasteiger partial charge is 0.507 e. The number of nitrogens with zero attached hydrogens (tertiary/aromatic N) is 2. The topological polar surface area (TPSA) is 79.7 Å². The number of fused-ring (bicyclic) bond motifs is 1. The summed E-state index contributed by atoms with van der Waals surface area (Å²) in [6, 6.07) is 17.3. The molecule has 1 aromatic heterocycles. The number of carbonyl (C=O) groups is 2. The van der Waals surface area contributed by atoms with E-state index in [9.17, 15) is 14.7 Å². The lowest BCUT2D eigenvalue weighted by Gasteiger charge is -2.24. The lowest BCUT2D eigenvalue weighted by Crippen LogP contribution is -2.30. The predicted octanol–water partition coefficient (Wildman–Crippen LogP) is 4.34. The standard InChI is InChI=1S/C26H22N2O4/c1-15-6-8-17(9-7-15)23-22(25(30)26(31)28(23)21-5-3-4-12-27-21)24(29)18-10-11-20-19(14-18)13-16(2)32-20/h3-12,14,16,23,29H,13H2,1-2H3/b24-22+. The summed E-state index contributed by atoms with van der Waals surface area (Å²) in [7, 11) is 0. The number of pyridine rings is 1. The Bertz CT molecular complexity index is 1250. The van der Waals surface area contributed by atoms with Gasteiger partial charge in [-0.05, 0) is 55.3 Å². The summed E-state index contributed by atoms with van der Waals surface area (Å²) in [4.78, 5) is 31.9. The van der Waals surface area contributed by atoms with Gasteiger partial charge in [0.05, 0.1) is 11.6 Å². The fourth-order valence-electron chi connectivity index (χ4n) is 4.35. The van der Waals surface area contributed by atoms with Gasteiger partial charge in [-0.2, -0.15) is 0 Å². The van der Waals surface area contributed by atoms with Crippen molar-refractivity contribution in [1.82, 2.24) is 4.98 Å². The highest BCUT2D eigenvalue weighted by Gasteiger charge is 2.47. The van der Waals surface area contributed by atoms with Crippen LogP contribution in [0.1, 0.15) is 35.2 Å². The van der Waals surface area contributed by atoms with Crippen LogP contribution >= 0.6 is 0 Å². The summed E-state index contributed by atoms with van der Waals surface area (Å²) in [5.41, 5.74) is 3.28. The molecule has 2 aliphatic heterocycles. The zero-order chi connectivity index (χ0) is 22.4. The van der Waals surface area contributed by atoms with Gasteiger partial charge in [0.1, 0.15) is 23.4 Å². The summed E-state index contributed by atoms with van der Waals surface area (Å²) in [5, 5.41) is 11.3. The molecule has 0 radical (unpaired) electrons. The van der Waals surface area contributed by atoms with Gasteiger partial charge in [-0.1, -0.05) is 35.9 Å². The normalized spacial score (nSPS) is 21.5. The molecule has 6 nitrogen and oxygen atoms in total. The van der Waals surface area contributed by atoms with Crippen molar-refractivity contribution >= 4 is 23.3 Å². The molecule has 1 fully saturated rings. The Kier molecular flexibility index (Phi) is 4.78. The van der Waals surface area contributed by atoms with Crippen molar-refractivity contribution in [3.8, 4) is 5.75 Å². The molecule has 2 unspecified atom stereocenters. The van der Waals surface area contributed by atoms with Crippen LogP contribution in [0, 0.1) is 6.92 Å². The number of benzene rings is 2. The van der Waals surface area contributed by atoms with E-state index in [1.165, 1.54) is 4.90 Å². The maximum Gasteiger partial charge on any atom is 0.301 e. The lowest BCUT2D eigenvalue weighted by atomic mass is 9.94. The first-order valence-electron chi connectivity index (χ1n) is 10.5. The number of amides is 1. The van der Waals surface area contributed by atoms with Crippen molar-refractivity contribution in [2.24, 2.45) is 0 Å². The van der Waals surface area contributed by atoms with Crippen LogP contribution in [0.3, 0.4) is 0 Å². The number of ketones is 1. The molecule has 5 rings (SSSR count). The summed E-state index contributed by atoms with van der Waals surface area (Å²) in [6.45, 7) is 3.95. The molecule has 32 heavy (non-hydrogen) atoms. The SMILES string of the molecule is Cc1ccc(C2/C(=C(\O)c3ccc4c(c3)CC(C)O4)C(=O)C(=O)N2c2ccccn2)cc1. The quantitative estimate of drug-likeness (QED) is 0.383. The minimum absolute atomic E-state index is 0.0522. The number of ether oxygens (including phenoxy) is 1. The molecule has 6 heteroatoms. The third kappa shape index (κ3) is 3.24. The molecule has 3 heterocycles. The number of Topliss-reactive ketones (excluding diaryl/α,β-unsaturated/α-hetero) is 1. The Morgan fingerprint density at radius 2 is 1.88 bits per heavy atom. The number of anilines is 1. The van der Waals surface area contributed by atoms with Crippen LogP contribution in [0.25, 0.3) is 5.76 Å². The number of aliphatic hydroxyl groups excluding tert-OH is 1. The van der Waals surface area contributed by atoms with E-state index in [1.807, 2.05) is 44.2 Å². The summed E-state index contributed by atoms with van der Waals surface area (Å²) < 4.78 is 5.75. The Balaban J connectivity index is 1.69. The van der Waals surface area contributed by atoms with Gasteiger partial charge >= 0.3 is 5.91 Å². The number of hydrogen-bond donors (Lipinski definition) is 1.